The number of hydrogen-bond acceptors (Lipinski definition) is 3. The summed E-state index contributed by atoms with van der Waals surface area (Å²) < 4.78 is 0. The number of aromatic nitrogens is 1. The third-order valence-corrected chi connectivity index (χ3v) is 4.14. The molecule has 0 atom stereocenters. The van der Waals surface area contributed by atoms with Crippen molar-refractivity contribution in [3.63, 3.8) is 0 Å². The van der Waals surface area contributed by atoms with Crippen molar-refractivity contribution in [3.8, 4) is 24.2 Å². The quantitative estimate of drug-likeness (QED) is 0.356. The molecule has 28 heavy (non-hydrogen) atoms. The predicted molar refractivity (Wildman–Crippen MR) is 117 cm³/mol. The van der Waals surface area contributed by atoms with Crippen LogP contribution in [0.3, 0.4) is 0 Å². The first-order valence-corrected chi connectivity index (χ1v) is 10.1. The van der Waals surface area contributed by atoms with Crippen molar-refractivity contribution in [2.45, 2.75) is 65.2 Å². The second-order valence-corrected chi connectivity index (χ2v) is 6.44. The Morgan fingerprint density at radius 3 is 2.86 bits per heavy atom. The van der Waals surface area contributed by atoms with Crippen LogP contribution in [0.5, 0.6) is 0 Å². The summed E-state index contributed by atoms with van der Waals surface area (Å²) in [7, 11) is 0. The molecule has 0 aliphatic carbocycles. The maximum Gasteiger partial charge on any atom is 0.225 e. The van der Waals surface area contributed by atoms with Crippen LogP contribution in [0, 0.1) is 24.2 Å². The molecule has 0 aliphatic rings. The summed E-state index contributed by atoms with van der Waals surface area (Å²) in [6.45, 7) is 4.48. The normalized spacial score (nSPS) is 10.6. The van der Waals surface area contributed by atoms with Gasteiger partial charge in [0.25, 0.3) is 0 Å². The molecule has 0 saturated heterocycles. The van der Waals surface area contributed by atoms with Gasteiger partial charge < -0.3 is 5.32 Å². The van der Waals surface area contributed by atoms with Gasteiger partial charge >= 0.3 is 0 Å². The lowest BCUT2D eigenvalue weighted by Gasteiger charge is -2.07. The summed E-state index contributed by atoms with van der Waals surface area (Å²) in [6, 6.07) is 1.98. The Balaban J connectivity index is 2.57. The number of amides is 1. The molecule has 1 heterocycles. The van der Waals surface area contributed by atoms with Crippen molar-refractivity contribution >= 4 is 12.1 Å². The van der Waals surface area contributed by atoms with Gasteiger partial charge in [-0.15, -0.1) is 6.42 Å². The fourth-order valence-electron chi connectivity index (χ4n) is 2.64. The van der Waals surface area contributed by atoms with E-state index in [-0.39, 0.29) is 19.0 Å². The van der Waals surface area contributed by atoms with Gasteiger partial charge in [0, 0.05) is 30.1 Å². The molecule has 0 aliphatic heterocycles. The summed E-state index contributed by atoms with van der Waals surface area (Å²) in [5.41, 5.74) is 2.72. The molecule has 0 radical (unpaired) electrons. The maximum atomic E-state index is 12.2. The molecule has 1 N–H and O–H groups in total. The number of rotatable bonds is 11. The van der Waals surface area contributed by atoms with Gasteiger partial charge in [0.2, 0.25) is 5.91 Å². The van der Waals surface area contributed by atoms with Crippen molar-refractivity contribution in [1.82, 2.24) is 10.3 Å². The molecule has 0 aromatic carbocycles. The number of allylic oxidation sites excluding steroid dienone is 2. The van der Waals surface area contributed by atoms with Crippen LogP contribution < -0.4 is 5.32 Å². The highest BCUT2D eigenvalue weighted by Crippen LogP contribution is 2.11. The average molecular weight is 378 g/mol. The highest BCUT2D eigenvalue weighted by molar-refractivity contribution is 5.79. The Labute approximate surface area is 170 Å². The van der Waals surface area contributed by atoms with Gasteiger partial charge in [0.15, 0.2) is 0 Å². The fraction of sp³-hybridized carbons (Fsp3) is 0.458. The summed E-state index contributed by atoms with van der Waals surface area (Å²) in [5, 5.41) is 2.77. The van der Waals surface area contributed by atoms with Crippen LogP contribution in [0.15, 0.2) is 29.4 Å². The molecule has 1 aromatic rings. The molecule has 0 saturated carbocycles. The zero-order valence-electron chi connectivity index (χ0n) is 17.1. The van der Waals surface area contributed by atoms with Crippen molar-refractivity contribution in [1.29, 1.82) is 0 Å². The zero-order chi connectivity index (χ0) is 20.5. The van der Waals surface area contributed by atoms with E-state index in [9.17, 15) is 4.79 Å². The summed E-state index contributed by atoms with van der Waals surface area (Å²) >= 11 is 0. The van der Waals surface area contributed by atoms with Crippen molar-refractivity contribution in [2.24, 2.45) is 4.99 Å². The Kier molecular flexibility index (Phi) is 12.6. The number of terminal acetylenes is 1. The van der Waals surface area contributed by atoms with Crippen LogP contribution in [0.1, 0.15) is 69.2 Å². The molecule has 0 unspecified atom stereocenters. The lowest BCUT2D eigenvalue weighted by molar-refractivity contribution is -0.120. The van der Waals surface area contributed by atoms with Crippen LogP contribution in [-0.2, 0) is 17.6 Å². The summed E-state index contributed by atoms with van der Waals surface area (Å²) in [6.07, 6.45) is 19.8. The van der Waals surface area contributed by atoms with Gasteiger partial charge in [0.1, 0.15) is 6.67 Å². The Hall–Kier alpha value is -2.85. The zero-order valence-corrected chi connectivity index (χ0v) is 17.1. The lowest BCUT2D eigenvalue weighted by atomic mass is 10.1. The third-order valence-electron chi connectivity index (χ3n) is 4.14. The molecule has 4 nitrogen and oxygen atoms in total. The van der Waals surface area contributed by atoms with E-state index in [2.05, 4.69) is 40.0 Å². The highest BCUT2D eigenvalue weighted by Gasteiger charge is 2.08. The number of nitrogens with zero attached hydrogens (tertiary/aromatic N) is 2. The number of carbonyl (C=O) groups excluding carboxylic acids is 1. The van der Waals surface area contributed by atoms with Crippen molar-refractivity contribution < 1.29 is 4.79 Å². The molecular weight excluding hydrogens is 346 g/mol. The van der Waals surface area contributed by atoms with Crippen LogP contribution in [0.2, 0.25) is 0 Å². The fourth-order valence-corrected chi connectivity index (χ4v) is 2.64. The van der Waals surface area contributed by atoms with Crippen LogP contribution in [-0.4, -0.2) is 23.8 Å². The molecule has 0 bridgehead atoms. The molecule has 1 amide bonds. The Bertz CT molecular complexity index is 760. The van der Waals surface area contributed by atoms with E-state index in [1.807, 2.05) is 13.0 Å². The molecule has 4 heteroatoms. The van der Waals surface area contributed by atoms with Crippen LogP contribution in [0.25, 0.3) is 0 Å². The molecular formula is C24H31N3O. The first kappa shape index (κ1) is 23.2. The van der Waals surface area contributed by atoms with E-state index in [0.29, 0.717) is 0 Å². The minimum atomic E-state index is -0.0874. The molecule has 148 valence electrons. The number of aryl methyl sites for hydroxylation is 1. The van der Waals surface area contributed by atoms with Gasteiger partial charge in [-0.1, -0.05) is 57.3 Å². The minimum absolute atomic E-state index is 0.0874. The molecule has 1 rings (SSSR count). The SMILES string of the molecule is C#C/C=C\C=N/CNC(=O)Cc1cc(C#CCCCCCCC)cnc1CC. The van der Waals surface area contributed by atoms with Crippen molar-refractivity contribution in [3.05, 3.63) is 41.2 Å². The third kappa shape index (κ3) is 10.3. The van der Waals surface area contributed by atoms with Gasteiger partial charge in [-0.3, -0.25) is 14.8 Å². The van der Waals surface area contributed by atoms with E-state index in [4.69, 9.17) is 6.42 Å². The number of pyridine rings is 1. The molecule has 1 aromatic heterocycles. The van der Waals surface area contributed by atoms with Crippen molar-refractivity contribution in [2.75, 3.05) is 6.67 Å². The predicted octanol–water partition coefficient (Wildman–Crippen LogP) is 4.23. The Morgan fingerprint density at radius 1 is 1.29 bits per heavy atom. The number of aliphatic imine (C=N–C) groups is 1. The number of hydrogen-bond donors (Lipinski definition) is 1. The van der Waals surface area contributed by atoms with Gasteiger partial charge in [0.05, 0.1) is 6.42 Å². The van der Waals surface area contributed by atoms with E-state index < -0.39 is 0 Å². The lowest BCUT2D eigenvalue weighted by Crippen LogP contribution is -2.25. The van der Waals surface area contributed by atoms with E-state index in [1.54, 1.807) is 24.6 Å². The molecule has 0 fully saturated rings. The van der Waals surface area contributed by atoms with Gasteiger partial charge in [-0.25, -0.2) is 0 Å². The van der Waals surface area contributed by atoms with E-state index >= 15 is 0 Å². The summed E-state index contributed by atoms with van der Waals surface area (Å²) in [5.74, 6) is 8.69. The highest BCUT2D eigenvalue weighted by atomic mass is 16.1. The molecule has 0 spiro atoms. The van der Waals surface area contributed by atoms with E-state index in [1.165, 1.54) is 25.7 Å². The second kappa shape index (κ2) is 15.2. The largest absolute Gasteiger partial charge is 0.337 e. The first-order valence-electron chi connectivity index (χ1n) is 10.1. The number of carbonyl (C=O) groups is 1. The Morgan fingerprint density at radius 2 is 2.11 bits per heavy atom. The van der Waals surface area contributed by atoms with E-state index in [0.717, 1.165) is 36.1 Å². The standard InChI is InChI=1S/C24H31N3O/c1-4-7-9-10-11-12-13-15-21-17-22(23(6-3)26-19-21)18-24(28)27-20-25-16-14-8-5-2/h2,8,14,16-17,19H,4,6-7,9-12,18,20H2,1,3H3,(H,27,28)/b14-8-,25-16-. The van der Waals surface area contributed by atoms with Gasteiger partial charge in [-0.05, 0) is 36.6 Å². The smallest absolute Gasteiger partial charge is 0.225 e. The first-order chi connectivity index (χ1) is 13.7. The maximum absolute atomic E-state index is 12.2. The van der Waals surface area contributed by atoms with Gasteiger partial charge in [-0.2, -0.15) is 0 Å². The second-order valence-electron chi connectivity index (χ2n) is 6.44. The monoisotopic (exact) mass is 377 g/mol. The summed E-state index contributed by atoms with van der Waals surface area (Å²) in [4.78, 5) is 20.7. The number of unbranched alkanes of at least 4 members (excludes halogenated alkanes) is 5. The van der Waals surface area contributed by atoms with Crippen LogP contribution in [0.4, 0.5) is 0 Å². The topological polar surface area (TPSA) is 54.4 Å². The van der Waals surface area contributed by atoms with Crippen LogP contribution >= 0.6 is 0 Å². The average Bonchev–Trinajstić information content (AvgIpc) is 2.70. The minimum Gasteiger partial charge on any atom is -0.337 e. The number of nitrogens with one attached hydrogen (secondary N) is 1.